The molecule has 1 aromatic carbocycles. The van der Waals surface area contributed by atoms with Gasteiger partial charge in [0.2, 0.25) is 5.88 Å². The summed E-state index contributed by atoms with van der Waals surface area (Å²) in [6, 6.07) is 10.4. The highest BCUT2D eigenvalue weighted by Gasteiger charge is 2.09. The number of hydrogen-bond acceptors (Lipinski definition) is 7. The molecule has 0 aliphatic rings. The van der Waals surface area contributed by atoms with Crippen molar-refractivity contribution in [3.63, 3.8) is 0 Å². The first-order chi connectivity index (χ1) is 13.4. The van der Waals surface area contributed by atoms with Crippen molar-refractivity contribution in [2.24, 2.45) is 0 Å². The van der Waals surface area contributed by atoms with Crippen molar-refractivity contribution in [1.29, 1.82) is 0 Å². The van der Waals surface area contributed by atoms with Gasteiger partial charge in [0, 0.05) is 19.7 Å². The van der Waals surface area contributed by atoms with Crippen LogP contribution in [-0.2, 0) is 6.42 Å². The average Bonchev–Trinajstić information content (AvgIpc) is 3.00. The van der Waals surface area contributed by atoms with E-state index in [9.17, 15) is 14.7 Å². The van der Waals surface area contributed by atoms with Crippen molar-refractivity contribution in [3.05, 3.63) is 68.3 Å². The first-order valence-electron chi connectivity index (χ1n) is 8.45. The molecule has 146 valence electrons. The Morgan fingerprint density at radius 1 is 1.29 bits per heavy atom. The number of anilines is 1. The number of carbonyl (C=O) groups is 1. The van der Waals surface area contributed by atoms with Crippen LogP contribution < -0.4 is 14.5 Å². The Morgan fingerprint density at radius 2 is 2.04 bits per heavy atom. The number of rotatable bonds is 8. The van der Waals surface area contributed by atoms with Crippen molar-refractivity contribution in [2.45, 2.75) is 6.42 Å². The molecule has 3 N–H and O–H groups in total. The number of carboxylic acids is 1. The fraction of sp³-hybridized carbons (Fsp3) is 0.211. The number of nitrogens with one attached hydrogen (secondary N) is 1. The van der Waals surface area contributed by atoms with Gasteiger partial charge >= 0.3 is 10.8 Å². The summed E-state index contributed by atoms with van der Waals surface area (Å²) in [7, 11) is 1.81. The highest BCUT2D eigenvalue weighted by atomic mass is 32.1. The molecule has 0 saturated heterocycles. The number of H-pyrrole nitrogens is 1. The summed E-state index contributed by atoms with van der Waals surface area (Å²) in [5.74, 6) is 0.174. The Bertz CT molecular complexity index is 1010. The van der Waals surface area contributed by atoms with Crippen molar-refractivity contribution in [2.75, 3.05) is 25.1 Å². The maximum Gasteiger partial charge on any atom is 0.335 e. The lowest BCUT2D eigenvalue weighted by Gasteiger charge is -2.18. The van der Waals surface area contributed by atoms with Gasteiger partial charge in [0.05, 0.1) is 17.0 Å². The fourth-order valence-electron chi connectivity index (χ4n) is 2.54. The minimum Gasteiger partial charge on any atom is -0.494 e. The summed E-state index contributed by atoms with van der Waals surface area (Å²) >= 11 is 0.991. The van der Waals surface area contributed by atoms with Crippen molar-refractivity contribution < 1.29 is 19.7 Å². The Balaban J connectivity index is 1.52. The lowest BCUT2D eigenvalue weighted by atomic mass is 10.1. The number of aromatic amines is 1. The molecule has 0 saturated carbocycles. The van der Waals surface area contributed by atoms with Gasteiger partial charge in [-0.3, -0.25) is 9.78 Å². The van der Waals surface area contributed by atoms with Crippen LogP contribution in [0.4, 0.5) is 5.82 Å². The third-order valence-corrected chi connectivity index (χ3v) is 4.94. The molecule has 8 nitrogen and oxygen atoms in total. The number of aromatic nitrogens is 2. The van der Waals surface area contributed by atoms with E-state index in [0.29, 0.717) is 36.0 Å². The number of carboxylic acid groups (broad SMARTS) is 1. The number of aromatic carboxylic acids is 1. The zero-order valence-corrected chi connectivity index (χ0v) is 15.9. The van der Waals surface area contributed by atoms with Crippen LogP contribution >= 0.6 is 11.3 Å². The lowest BCUT2D eigenvalue weighted by Crippen LogP contribution is -2.24. The molecule has 0 aliphatic heterocycles. The van der Waals surface area contributed by atoms with E-state index in [1.165, 1.54) is 18.3 Å². The summed E-state index contributed by atoms with van der Waals surface area (Å²) in [5.41, 5.74) is 1.14. The molecule has 2 heterocycles. The lowest BCUT2D eigenvalue weighted by molar-refractivity contribution is 0.0697. The predicted molar refractivity (Wildman–Crippen MR) is 106 cm³/mol. The van der Waals surface area contributed by atoms with E-state index < -0.39 is 5.97 Å². The van der Waals surface area contributed by atoms with Crippen molar-refractivity contribution >= 4 is 23.1 Å². The second-order valence-electron chi connectivity index (χ2n) is 6.08. The maximum atomic E-state index is 11.2. The molecule has 3 rings (SSSR count). The maximum absolute atomic E-state index is 11.2. The molecule has 0 bridgehead atoms. The quantitative estimate of drug-likeness (QED) is 0.530. The Kier molecular flexibility index (Phi) is 5.95. The van der Waals surface area contributed by atoms with E-state index in [-0.39, 0.29) is 16.3 Å². The molecular weight excluding hydrogens is 382 g/mol. The van der Waals surface area contributed by atoms with E-state index in [0.717, 1.165) is 16.9 Å². The molecule has 3 aromatic rings. The Hall–Kier alpha value is -3.33. The summed E-state index contributed by atoms with van der Waals surface area (Å²) in [6.45, 7) is 0.929. The molecule has 28 heavy (non-hydrogen) atoms. The zero-order chi connectivity index (χ0) is 20.1. The SMILES string of the molecule is CN(CCOc1ccc(Cc2sc(=O)[nH]c2O)cc1)c1cc(C(=O)O)ccn1. The second kappa shape index (κ2) is 8.57. The van der Waals surface area contributed by atoms with Gasteiger partial charge in [-0.25, -0.2) is 9.78 Å². The zero-order valence-electron chi connectivity index (χ0n) is 15.1. The van der Waals surface area contributed by atoms with Crippen LogP contribution in [0.1, 0.15) is 20.8 Å². The second-order valence-corrected chi connectivity index (χ2v) is 7.15. The van der Waals surface area contributed by atoms with Crippen LogP contribution in [-0.4, -0.2) is 46.3 Å². The summed E-state index contributed by atoms with van der Waals surface area (Å²) in [5, 5.41) is 18.7. The summed E-state index contributed by atoms with van der Waals surface area (Å²) in [4.78, 5) is 30.9. The van der Waals surface area contributed by atoms with Crippen LogP contribution in [0.3, 0.4) is 0 Å². The van der Waals surface area contributed by atoms with Crippen molar-refractivity contribution in [3.8, 4) is 11.6 Å². The monoisotopic (exact) mass is 401 g/mol. The van der Waals surface area contributed by atoms with E-state index >= 15 is 0 Å². The third kappa shape index (κ3) is 4.89. The van der Waals surface area contributed by atoms with Crippen LogP contribution in [0.25, 0.3) is 0 Å². The summed E-state index contributed by atoms with van der Waals surface area (Å²) in [6.07, 6.45) is 1.93. The van der Waals surface area contributed by atoms with Gasteiger partial charge in [-0.1, -0.05) is 23.5 Å². The minimum absolute atomic E-state index is 0.0843. The van der Waals surface area contributed by atoms with Gasteiger partial charge in [-0.2, -0.15) is 0 Å². The van der Waals surface area contributed by atoms with Crippen molar-refractivity contribution in [1.82, 2.24) is 9.97 Å². The predicted octanol–water partition coefficient (Wildman–Crippen LogP) is 2.34. The number of pyridine rings is 1. The number of ether oxygens (including phenoxy) is 1. The highest BCUT2D eigenvalue weighted by molar-refractivity contribution is 7.09. The highest BCUT2D eigenvalue weighted by Crippen LogP contribution is 2.21. The normalized spacial score (nSPS) is 10.6. The molecule has 0 aliphatic carbocycles. The first kappa shape index (κ1) is 19.4. The number of thiazole rings is 1. The number of benzene rings is 1. The topological polar surface area (TPSA) is 116 Å². The molecule has 0 radical (unpaired) electrons. The van der Waals surface area contributed by atoms with Crippen LogP contribution in [0.2, 0.25) is 0 Å². The molecule has 0 spiro atoms. The first-order valence-corrected chi connectivity index (χ1v) is 9.27. The number of aromatic hydroxyl groups is 1. The Morgan fingerprint density at radius 3 is 2.68 bits per heavy atom. The number of nitrogens with zero attached hydrogens (tertiary/aromatic N) is 2. The standard InChI is InChI=1S/C19H19N3O5S/c1-22(16-11-13(18(24)25)6-7-20-16)8-9-27-14-4-2-12(3-5-14)10-15-17(23)21-19(26)28-15/h2-7,11,23H,8-10H2,1H3,(H,21,26)(H,24,25). The van der Waals surface area contributed by atoms with Gasteiger partial charge in [0.15, 0.2) is 0 Å². The third-order valence-electron chi connectivity index (χ3n) is 4.07. The molecular formula is C19H19N3O5S. The molecule has 2 aromatic heterocycles. The Labute approximate surface area is 164 Å². The van der Waals surface area contributed by atoms with Gasteiger partial charge < -0.3 is 19.8 Å². The van der Waals surface area contributed by atoms with E-state index in [2.05, 4.69) is 9.97 Å². The van der Waals surface area contributed by atoms with Gasteiger partial charge in [-0.05, 0) is 29.8 Å². The molecule has 0 unspecified atom stereocenters. The number of likely N-dealkylation sites (N-methyl/N-ethyl adjacent to an activating group) is 1. The average molecular weight is 401 g/mol. The van der Waals surface area contributed by atoms with Gasteiger partial charge in [0.25, 0.3) is 0 Å². The minimum atomic E-state index is -0.992. The largest absolute Gasteiger partial charge is 0.494 e. The van der Waals surface area contributed by atoms with Crippen LogP contribution in [0, 0.1) is 0 Å². The smallest absolute Gasteiger partial charge is 0.335 e. The fourth-order valence-corrected chi connectivity index (χ4v) is 3.29. The molecule has 0 fully saturated rings. The van der Waals surface area contributed by atoms with Gasteiger partial charge in [0.1, 0.15) is 18.2 Å². The summed E-state index contributed by atoms with van der Waals surface area (Å²) < 4.78 is 5.72. The van der Waals surface area contributed by atoms with Gasteiger partial charge in [-0.15, -0.1) is 0 Å². The number of hydrogen-bond donors (Lipinski definition) is 3. The molecule has 0 amide bonds. The van der Waals surface area contributed by atoms with E-state index in [1.807, 2.05) is 36.2 Å². The van der Waals surface area contributed by atoms with Crippen LogP contribution in [0.15, 0.2) is 47.4 Å². The molecule has 9 heteroatoms. The van der Waals surface area contributed by atoms with Crippen LogP contribution in [0.5, 0.6) is 11.6 Å². The van der Waals surface area contributed by atoms with E-state index in [1.54, 1.807) is 0 Å². The molecule has 0 atom stereocenters. The van der Waals surface area contributed by atoms with E-state index in [4.69, 9.17) is 9.84 Å².